The minimum Gasteiger partial charge on any atom is -0.472 e. The van der Waals surface area contributed by atoms with Gasteiger partial charge in [-0.2, -0.15) is 0 Å². The zero-order valence-corrected chi connectivity index (χ0v) is 9.87. The molecule has 90 valence electrons. The molecule has 1 aromatic rings. The molecule has 6 heteroatoms. The van der Waals surface area contributed by atoms with E-state index in [0.29, 0.717) is 31.9 Å². The Morgan fingerprint density at radius 2 is 2.38 bits per heavy atom. The first-order chi connectivity index (χ1) is 7.68. The van der Waals surface area contributed by atoms with Gasteiger partial charge in [0.2, 0.25) is 10.0 Å². The minimum atomic E-state index is -2.95. The van der Waals surface area contributed by atoms with Crippen molar-refractivity contribution in [3.8, 4) is 0 Å². The highest BCUT2D eigenvalue weighted by Crippen LogP contribution is 2.11. The predicted octanol–water partition coefficient (Wildman–Crippen LogP) is 0.405. The van der Waals surface area contributed by atoms with Gasteiger partial charge in [-0.15, -0.1) is 0 Å². The Kier molecular flexibility index (Phi) is 3.63. The molecule has 0 aromatic carbocycles. The third kappa shape index (κ3) is 2.84. The molecule has 0 bridgehead atoms. The van der Waals surface area contributed by atoms with E-state index in [4.69, 9.17) is 4.42 Å². The minimum absolute atomic E-state index is 0.300. The van der Waals surface area contributed by atoms with Crippen molar-refractivity contribution in [1.82, 2.24) is 9.62 Å². The second kappa shape index (κ2) is 4.99. The van der Waals surface area contributed by atoms with E-state index < -0.39 is 10.0 Å². The van der Waals surface area contributed by atoms with Gasteiger partial charge in [0.1, 0.15) is 0 Å². The largest absolute Gasteiger partial charge is 0.472 e. The van der Waals surface area contributed by atoms with Gasteiger partial charge in [-0.05, 0) is 12.5 Å². The fourth-order valence-corrected chi connectivity index (χ4v) is 3.30. The lowest BCUT2D eigenvalue weighted by molar-refractivity contribution is 0.433. The summed E-state index contributed by atoms with van der Waals surface area (Å²) in [6, 6.07) is 1.89. The highest BCUT2D eigenvalue weighted by Gasteiger charge is 2.27. The summed E-state index contributed by atoms with van der Waals surface area (Å²) in [6.07, 6.45) is 4.06. The maximum Gasteiger partial charge on any atom is 0.214 e. The molecule has 16 heavy (non-hydrogen) atoms. The van der Waals surface area contributed by atoms with Gasteiger partial charge in [0, 0.05) is 31.7 Å². The predicted molar refractivity (Wildman–Crippen MR) is 60.4 cm³/mol. The maximum atomic E-state index is 11.5. The number of hydrogen-bond acceptors (Lipinski definition) is 4. The maximum absolute atomic E-state index is 11.5. The van der Waals surface area contributed by atoms with Crippen LogP contribution in [0.4, 0.5) is 0 Å². The molecule has 0 amide bonds. The first-order valence-electron chi connectivity index (χ1n) is 5.38. The summed E-state index contributed by atoms with van der Waals surface area (Å²) in [5.74, 6) is 0.300. The molecule has 0 aliphatic carbocycles. The van der Waals surface area contributed by atoms with Gasteiger partial charge in [-0.3, -0.25) is 0 Å². The van der Waals surface area contributed by atoms with Crippen LogP contribution < -0.4 is 5.32 Å². The number of rotatable bonds is 5. The van der Waals surface area contributed by atoms with Crippen LogP contribution >= 0.6 is 0 Å². The van der Waals surface area contributed by atoms with Crippen LogP contribution in [0.3, 0.4) is 0 Å². The summed E-state index contributed by atoms with van der Waals surface area (Å²) in [5.41, 5.74) is 1.07. The standard InChI is InChI=1S/C10H16N2O3S/c13-16(14)7-1-4-12(16)5-3-11-8-10-2-6-15-9-10/h2,6,9,11H,1,3-5,7-8H2. The molecule has 2 rings (SSSR count). The zero-order chi connectivity index (χ0) is 11.4. The van der Waals surface area contributed by atoms with Gasteiger partial charge < -0.3 is 9.73 Å². The molecule has 0 unspecified atom stereocenters. The van der Waals surface area contributed by atoms with Gasteiger partial charge in [0.05, 0.1) is 18.3 Å². The highest BCUT2D eigenvalue weighted by atomic mass is 32.2. The molecule has 1 fully saturated rings. The van der Waals surface area contributed by atoms with Gasteiger partial charge in [0.25, 0.3) is 0 Å². The molecular formula is C10H16N2O3S. The molecule has 1 aliphatic rings. The fraction of sp³-hybridized carbons (Fsp3) is 0.600. The van der Waals surface area contributed by atoms with Crippen molar-refractivity contribution < 1.29 is 12.8 Å². The molecular weight excluding hydrogens is 228 g/mol. The third-order valence-electron chi connectivity index (χ3n) is 2.65. The lowest BCUT2D eigenvalue weighted by Crippen LogP contribution is -2.33. The Labute approximate surface area is 95.5 Å². The fourth-order valence-electron chi connectivity index (χ4n) is 1.77. The first-order valence-corrected chi connectivity index (χ1v) is 6.99. The molecule has 1 saturated heterocycles. The van der Waals surface area contributed by atoms with Crippen molar-refractivity contribution in [2.45, 2.75) is 13.0 Å². The van der Waals surface area contributed by atoms with E-state index in [9.17, 15) is 8.42 Å². The van der Waals surface area contributed by atoms with Crippen molar-refractivity contribution in [2.24, 2.45) is 0 Å². The van der Waals surface area contributed by atoms with Gasteiger partial charge in [-0.25, -0.2) is 12.7 Å². The molecule has 0 atom stereocenters. The van der Waals surface area contributed by atoms with E-state index in [1.165, 1.54) is 0 Å². The summed E-state index contributed by atoms with van der Waals surface area (Å²) in [7, 11) is -2.95. The number of nitrogens with zero attached hydrogens (tertiary/aromatic N) is 1. The molecule has 1 N–H and O–H groups in total. The summed E-state index contributed by atoms with van der Waals surface area (Å²) < 4.78 is 29.4. The van der Waals surface area contributed by atoms with Crippen LogP contribution in [-0.4, -0.2) is 38.1 Å². The highest BCUT2D eigenvalue weighted by molar-refractivity contribution is 7.89. The van der Waals surface area contributed by atoms with Crippen LogP contribution in [0.25, 0.3) is 0 Å². The van der Waals surface area contributed by atoms with E-state index in [0.717, 1.165) is 12.0 Å². The lowest BCUT2D eigenvalue weighted by Gasteiger charge is -2.14. The Morgan fingerprint density at radius 3 is 3.00 bits per heavy atom. The Balaban J connectivity index is 1.69. The summed E-state index contributed by atoms with van der Waals surface area (Å²) in [4.78, 5) is 0. The molecule has 0 radical (unpaired) electrons. The number of hydrogen-bond donors (Lipinski definition) is 1. The summed E-state index contributed by atoms with van der Waals surface area (Å²) in [5, 5.41) is 3.19. The van der Waals surface area contributed by atoms with Crippen molar-refractivity contribution in [1.29, 1.82) is 0 Å². The van der Waals surface area contributed by atoms with Crippen LogP contribution in [0.2, 0.25) is 0 Å². The van der Waals surface area contributed by atoms with Crippen LogP contribution in [-0.2, 0) is 16.6 Å². The summed E-state index contributed by atoms with van der Waals surface area (Å²) >= 11 is 0. The van der Waals surface area contributed by atoms with E-state index in [2.05, 4.69) is 5.32 Å². The lowest BCUT2D eigenvalue weighted by atomic mass is 10.3. The second-order valence-electron chi connectivity index (χ2n) is 3.88. The molecule has 1 aromatic heterocycles. The van der Waals surface area contributed by atoms with E-state index >= 15 is 0 Å². The third-order valence-corrected chi connectivity index (χ3v) is 4.61. The number of sulfonamides is 1. The van der Waals surface area contributed by atoms with E-state index in [1.54, 1.807) is 16.8 Å². The van der Waals surface area contributed by atoms with Crippen molar-refractivity contribution in [3.63, 3.8) is 0 Å². The molecule has 2 heterocycles. The van der Waals surface area contributed by atoms with E-state index in [-0.39, 0.29) is 0 Å². The molecule has 1 aliphatic heterocycles. The van der Waals surface area contributed by atoms with Gasteiger partial charge in [0.15, 0.2) is 0 Å². The average molecular weight is 244 g/mol. The Morgan fingerprint density at radius 1 is 1.50 bits per heavy atom. The molecule has 5 nitrogen and oxygen atoms in total. The van der Waals surface area contributed by atoms with Gasteiger partial charge >= 0.3 is 0 Å². The summed E-state index contributed by atoms with van der Waals surface area (Å²) in [6.45, 7) is 2.60. The smallest absolute Gasteiger partial charge is 0.214 e. The Bertz CT molecular complexity index is 413. The quantitative estimate of drug-likeness (QED) is 0.762. The van der Waals surface area contributed by atoms with Crippen LogP contribution in [0.1, 0.15) is 12.0 Å². The normalized spacial score (nSPS) is 20.2. The second-order valence-corrected chi connectivity index (χ2v) is 5.97. The van der Waals surface area contributed by atoms with E-state index in [1.807, 2.05) is 6.07 Å². The average Bonchev–Trinajstić information content (AvgIpc) is 2.83. The number of furan rings is 1. The molecule has 0 spiro atoms. The van der Waals surface area contributed by atoms with Crippen LogP contribution in [0.5, 0.6) is 0 Å². The SMILES string of the molecule is O=S1(=O)CCCN1CCNCc1ccoc1. The Hall–Kier alpha value is -0.850. The van der Waals surface area contributed by atoms with Crippen LogP contribution in [0.15, 0.2) is 23.0 Å². The van der Waals surface area contributed by atoms with Crippen LogP contribution in [0, 0.1) is 0 Å². The topological polar surface area (TPSA) is 62.6 Å². The van der Waals surface area contributed by atoms with Gasteiger partial charge in [-0.1, -0.05) is 0 Å². The van der Waals surface area contributed by atoms with Crippen molar-refractivity contribution in [2.75, 3.05) is 25.4 Å². The first kappa shape index (κ1) is 11.6. The molecule has 0 saturated carbocycles. The number of nitrogens with one attached hydrogen (secondary N) is 1. The monoisotopic (exact) mass is 244 g/mol. The zero-order valence-electron chi connectivity index (χ0n) is 9.05. The van der Waals surface area contributed by atoms with Crippen molar-refractivity contribution >= 4 is 10.0 Å². The van der Waals surface area contributed by atoms with Crippen molar-refractivity contribution in [3.05, 3.63) is 24.2 Å².